The third kappa shape index (κ3) is 4.97. The fraction of sp³-hybridized carbons (Fsp3) is 0.417. The minimum Gasteiger partial charge on any atom is -0.493 e. The van der Waals surface area contributed by atoms with Crippen LogP contribution in [0.5, 0.6) is 11.5 Å². The first kappa shape index (κ1) is 20.9. The molecule has 1 aliphatic rings. The van der Waals surface area contributed by atoms with Gasteiger partial charge in [-0.25, -0.2) is 0 Å². The maximum atomic E-state index is 13.2. The van der Waals surface area contributed by atoms with Crippen LogP contribution in [0.25, 0.3) is 0 Å². The van der Waals surface area contributed by atoms with E-state index in [0.29, 0.717) is 17.1 Å². The summed E-state index contributed by atoms with van der Waals surface area (Å²) in [6.45, 7) is 5.23. The van der Waals surface area contributed by atoms with Gasteiger partial charge in [-0.05, 0) is 62.1 Å². The number of amidine groups is 1. The molecule has 5 nitrogen and oxygen atoms in total. The first-order valence-corrected chi connectivity index (χ1v) is 10.2. The number of benzene rings is 2. The summed E-state index contributed by atoms with van der Waals surface area (Å²) in [6, 6.07) is 11.7. The van der Waals surface area contributed by atoms with E-state index in [0.717, 1.165) is 42.9 Å². The van der Waals surface area contributed by atoms with Crippen molar-refractivity contribution in [2.45, 2.75) is 39.5 Å². The van der Waals surface area contributed by atoms with E-state index in [2.05, 4.69) is 36.9 Å². The number of anilines is 1. The van der Waals surface area contributed by atoms with Crippen LogP contribution in [0.2, 0.25) is 0 Å². The summed E-state index contributed by atoms with van der Waals surface area (Å²) in [5.41, 5.74) is 3.97. The second-order valence-electron chi connectivity index (χ2n) is 7.48. The number of hydrogen-bond donors (Lipinski definition) is 0. The highest BCUT2D eigenvalue weighted by Crippen LogP contribution is 2.29. The van der Waals surface area contributed by atoms with Crippen molar-refractivity contribution in [2.75, 3.05) is 32.2 Å². The number of aryl methyl sites for hydroxylation is 2. The van der Waals surface area contributed by atoms with Gasteiger partial charge < -0.3 is 14.4 Å². The Morgan fingerprint density at radius 3 is 2.55 bits per heavy atom. The summed E-state index contributed by atoms with van der Waals surface area (Å²) in [5.74, 6) is 2.20. The molecule has 0 saturated heterocycles. The molecule has 2 aromatic rings. The van der Waals surface area contributed by atoms with Crippen molar-refractivity contribution in [1.29, 1.82) is 0 Å². The van der Waals surface area contributed by atoms with Crippen LogP contribution >= 0.6 is 0 Å². The van der Waals surface area contributed by atoms with E-state index < -0.39 is 0 Å². The van der Waals surface area contributed by atoms with Crippen LogP contribution in [-0.4, -0.2) is 38.9 Å². The monoisotopic (exact) mass is 394 g/mol. The number of ether oxygens (including phenoxy) is 2. The molecular weight excluding hydrogens is 364 g/mol. The van der Waals surface area contributed by atoms with Crippen molar-refractivity contribution < 1.29 is 14.3 Å². The SMILES string of the molecule is COc1ccc(C(=O)CN(C2=NCCCCC2)c2cc(C)ccc2C)cc1OC. The van der Waals surface area contributed by atoms with E-state index in [1.807, 2.05) is 0 Å². The summed E-state index contributed by atoms with van der Waals surface area (Å²) in [6.07, 6.45) is 4.28. The van der Waals surface area contributed by atoms with Gasteiger partial charge in [0.2, 0.25) is 0 Å². The van der Waals surface area contributed by atoms with Crippen molar-refractivity contribution in [3.63, 3.8) is 0 Å². The fourth-order valence-electron chi connectivity index (χ4n) is 3.65. The predicted octanol–water partition coefficient (Wildman–Crippen LogP) is 4.98. The molecule has 154 valence electrons. The van der Waals surface area contributed by atoms with Crippen LogP contribution < -0.4 is 14.4 Å². The van der Waals surface area contributed by atoms with Gasteiger partial charge in [-0.3, -0.25) is 9.79 Å². The van der Waals surface area contributed by atoms with Gasteiger partial charge in [-0.2, -0.15) is 0 Å². The van der Waals surface area contributed by atoms with Crippen LogP contribution in [0.15, 0.2) is 41.4 Å². The molecule has 29 heavy (non-hydrogen) atoms. The third-order valence-corrected chi connectivity index (χ3v) is 5.33. The minimum atomic E-state index is 0.0267. The molecule has 0 aromatic heterocycles. The first-order valence-electron chi connectivity index (χ1n) is 10.2. The van der Waals surface area contributed by atoms with Crippen LogP contribution in [-0.2, 0) is 0 Å². The van der Waals surface area contributed by atoms with E-state index in [-0.39, 0.29) is 12.3 Å². The van der Waals surface area contributed by atoms with Crippen LogP contribution in [0.4, 0.5) is 5.69 Å². The van der Waals surface area contributed by atoms with Gasteiger partial charge in [0.25, 0.3) is 0 Å². The maximum absolute atomic E-state index is 13.2. The largest absolute Gasteiger partial charge is 0.493 e. The highest BCUT2D eigenvalue weighted by atomic mass is 16.5. The number of rotatable bonds is 6. The van der Waals surface area contributed by atoms with Crippen molar-refractivity contribution in [2.24, 2.45) is 4.99 Å². The third-order valence-electron chi connectivity index (χ3n) is 5.33. The molecule has 1 heterocycles. The second-order valence-corrected chi connectivity index (χ2v) is 7.48. The Hall–Kier alpha value is -2.82. The molecule has 0 aliphatic carbocycles. The lowest BCUT2D eigenvalue weighted by atomic mass is 10.1. The van der Waals surface area contributed by atoms with E-state index in [1.165, 1.54) is 12.0 Å². The molecule has 0 amide bonds. The molecule has 2 aromatic carbocycles. The van der Waals surface area contributed by atoms with Gasteiger partial charge in [0.05, 0.1) is 20.8 Å². The number of carbonyl (C=O) groups excluding carboxylic acids is 1. The molecule has 0 unspecified atom stereocenters. The summed E-state index contributed by atoms with van der Waals surface area (Å²) < 4.78 is 10.7. The summed E-state index contributed by atoms with van der Waals surface area (Å²) in [5, 5.41) is 0. The van der Waals surface area contributed by atoms with Crippen LogP contribution in [0, 0.1) is 13.8 Å². The number of methoxy groups -OCH3 is 2. The topological polar surface area (TPSA) is 51.1 Å². The van der Waals surface area contributed by atoms with Crippen molar-refractivity contribution >= 4 is 17.3 Å². The molecule has 1 aliphatic heterocycles. The lowest BCUT2D eigenvalue weighted by Crippen LogP contribution is -2.36. The van der Waals surface area contributed by atoms with Gasteiger partial charge >= 0.3 is 0 Å². The molecule has 0 radical (unpaired) electrons. The van der Waals surface area contributed by atoms with E-state index in [1.54, 1.807) is 32.4 Å². The number of Topliss-reactive ketones (excluding diaryl/α,β-unsaturated/α-hetero) is 1. The molecule has 0 N–H and O–H groups in total. The zero-order chi connectivity index (χ0) is 20.8. The molecule has 5 heteroatoms. The van der Waals surface area contributed by atoms with Crippen molar-refractivity contribution in [3.05, 3.63) is 53.1 Å². The maximum Gasteiger partial charge on any atom is 0.182 e. The normalized spacial score (nSPS) is 14.0. The number of hydrogen-bond acceptors (Lipinski definition) is 5. The van der Waals surface area contributed by atoms with Gasteiger partial charge in [-0.1, -0.05) is 18.6 Å². The Bertz CT molecular complexity index is 905. The highest BCUT2D eigenvalue weighted by molar-refractivity contribution is 6.07. The van der Waals surface area contributed by atoms with Gasteiger partial charge in [-0.15, -0.1) is 0 Å². The van der Waals surface area contributed by atoms with Gasteiger partial charge in [0.15, 0.2) is 17.3 Å². The van der Waals surface area contributed by atoms with Gasteiger partial charge in [0.1, 0.15) is 5.84 Å². The zero-order valence-electron chi connectivity index (χ0n) is 17.8. The number of nitrogens with zero attached hydrogens (tertiary/aromatic N) is 2. The standard InChI is InChI=1S/C24H30N2O3/c1-17-9-10-18(2)20(14-17)26(24-8-6-5-7-13-25-24)16-21(27)19-11-12-22(28-3)23(15-19)29-4/h9-12,14-15H,5-8,13,16H2,1-4H3. The summed E-state index contributed by atoms with van der Waals surface area (Å²) in [7, 11) is 3.17. The van der Waals surface area contributed by atoms with Crippen molar-refractivity contribution in [1.82, 2.24) is 0 Å². The first-order chi connectivity index (χ1) is 14.0. The molecule has 0 bridgehead atoms. The van der Waals surface area contributed by atoms with E-state index in [4.69, 9.17) is 14.5 Å². The number of aliphatic imine (C=N–C) groups is 1. The number of ketones is 1. The second kappa shape index (κ2) is 9.59. The molecule has 0 fully saturated rings. The number of carbonyl (C=O) groups is 1. The lowest BCUT2D eigenvalue weighted by molar-refractivity contribution is 0.100. The smallest absolute Gasteiger partial charge is 0.182 e. The Morgan fingerprint density at radius 2 is 1.79 bits per heavy atom. The quantitative estimate of drug-likeness (QED) is 0.648. The Balaban J connectivity index is 1.95. The van der Waals surface area contributed by atoms with E-state index in [9.17, 15) is 4.79 Å². The lowest BCUT2D eigenvalue weighted by Gasteiger charge is -2.27. The Kier molecular flexibility index (Phi) is 6.91. The molecule has 0 atom stereocenters. The summed E-state index contributed by atoms with van der Waals surface area (Å²) in [4.78, 5) is 20.2. The Morgan fingerprint density at radius 1 is 1.00 bits per heavy atom. The zero-order valence-corrected chi connectivity index (χ0v) is 17.8. The fourth-order valence-corrected chi connectivity index (χ4v) is 3.65. The summed E-state index contributed by atoms with van der Waals surface area (Å²) >= 11 is 0. The molecule has 0 spiro atoms. The molecule has 0 saturated carbocycles. The molecule has 3 rings (SSSR count). The van der Waals surface area contributed by atoms with E-state index >= 15 is 0 Å². The Labute approximate surface area is 173 Å². The average molecular weight is 395 g/mol. The minimum absolute atomic E-state index is 0.0267. The predicted molar refractivity (Wildman–Crippen MR) is 118 cm³/mol. The molecular formula is C24H30N2O3. The van der Waals surface area contributed by atoms with Crippen molar-refractivity contribution in [3.8, 4) is 11.5 Å². The average Bonchev–Trinajstić information content (AvgIpc) is 3.02. The highest BCUT2D eigenvalue weighted by Gasteiger charge is 2.22. The van der Waals surface area contributed by atoms with Crippen LogP contribution in [0.3, 0.4) is 0 Å². The van der Waals surface area contributed by atoms with Crippen LogP contribution in [0.1, 0.15) is 47.2 Å². The van der Waals surface area contributed by atoms with Gasteiger partial charge in [0, 0.05) is 24.2 Å².